The van der Waals surface area contributed by atoms with E-state index in [-0.39, 0.29) is 0 Å². The molecule has 0 aromatic heterocycles. The number of aryl methyl sites for hydroxylation is 2. The molecule has 1 saturated carbocycles. The molecule has 1 fully saturated rings. The van der Waals surface area contributed by atoms with Crippen molar-refractivity contribution in [2.75, 3.05) is 0 Å². The molecule has 0 saturated heterocycles. The van der Waals surface area contributed by atoms with Gasteiger partial charge in [-0.2, -0.15) is 0 Å². The van der Waals surface area contributed by atoms with E-state index in [1.165, 1.54) is 24.0 Å². The lowest BCUT2D eigenvalue weighted by Gasteiger charge is -2.26. The minimum Gasteiger partial charge on any atom is -0.478 e. The maximum atomic E-state index is 11.5. The summed E-state index contributed by atoms with van der Waals surface area (Å²) in [5.74, 6) is -0.0901. The fourth-order valence-electron chi connectivity index (χ4n) is 3.30. The molecule has 19 heavy (non-hydrogen) atoms. The molecule has 3 nitrogen and oxygen atoms in total. The number of carboxylic acid groups (broad SMARTS) is 1. The fourth-order valence-corrected chi connectivity index (χ4v) is 3.30. The van der Waals surface area contributed by atoms with Gasteiger partial charge in [-0.15, -0.1) is 0 Å². The van der Waals surface area contributed by atoms with Crippen LogP contribution in [0.3, 0.4) is 0 Å². The van der Waals surface area contributed by atoms with Gasteiger partial charge in [0.25, 0.3) is 0 Å². The number of fused-ring (bicyclic) bond motifs is 1. The van der Waals surface area contributed by atoms with Gasteiger partial charge in [-0.3, -0.25) is 0 Å². The normalized spacial score (nSPS) is 20.8. The van der Waals surface area contributed by atoms with Crippen molar-refractivity contribution in [3.8, 4) is 5.75 Å². The van der Waals surface area contributed by atoms with Crippen molar-refractivity contribution in [2.24, 2.45) is 0 Å². The van der Waals surface area contributed by atoms with Crippen LogP contribution in [0.4, 0.5) is 0 Å². The third-order valence-electron chi connectivity index (χ3n) is 4.43. The van der Waals surface area contributed by atoms with Crippen molar-refractivity contribution in [1.29, 1.82) is 0 Å². The van der Waals surface area contributed by atoms with Crippen molar-refractivity contribution in [1.82, 2.24) is 0 Å². The van der Waals surface area contributed by atoms with Crippen LogP contribution in [0.25, 0.3) is 0 Å². The molecule has 0 atom stereocenters. The predicted molar refractivity (Wildman–Crippen MR) is 72.5 cm³/mol. The van der Waals surface area contributed by atoms with E-state index in [1.54, 1.807) is 0 Å². The molecular weight excluding hydrogens is 240 g/mol. The van der Waals surface area contributed by atoms with E-state index in [0.717, 1.165) is 31.4 Å². The Bertz CT molecular complexity index is 487. The first-order valence-electron chi connectivity index (χ1n) is 7.24. The molecule has 0 heterocycles. The van der Waals surface area contributed by atoms with Crippen LogP contribution in [0, 0.1) is 0 Å². The number of ether oxygens (including phenoxy) is 1. The average molecular weight is 260 g/mol. The number of benzene rings is 1. The average Bonchev–Trinajstić information content (AvgIpc) is 2.88. The van der Waals surface area contributed by atoms with Crippen LogP contribution in [0.1, 0.15) is 49.7 Å². The maximum absolute atomic E-state index is 11.5. The molecule has 0 spiro atoms. The third kappa shape index (κ3) is 2.34. The summed E-state index contributed by atoms with van der Waals surface area (Å²) in [4.78, 5) is 11.5. The number of aliphatic carboxylic acids is 1. The molecule has 0 bridgehead atoms. The number of rotatable bonds is 3. The van der Waals surface area contributed by atoms with Crippen LogP contribution in [0.15, 0.2) is 18.2 Å². The van der Waals surface area contributed by atoms with E-state index in [1.807, 2.05) is 6.07 Å². The Kier molecular flexibility index (Phi) is 3.21. The SMILES string of the molecule is O=C(O)C1(Oc2ccc3c(c2)CCCC3)CCCC1. The highest BCUT2D eigenvalue weighted by Crippen LogP contribution is 2.36. The van der Waals surface area contributed by atoms with E-state index in [0.29, 0.717) is 12.8 Å². The monoisotopic (exact) mass is 260 g/mol. The van der Waals surface area contributed by atoms with Crippen LogP contribution < -0.4 is 4.74 Å². The van der Waals surface area contributed by atoms with Gasteiger partial charge in [0.15, 0.2) is 0 Å². The molecule has 1 N–H and O–H groups in total. The summed E-state index contributed by atoms with van der Waals surface area (Å²) < 4.78 is 5.89. The Morgan fingerprint density at radius 3 is 2.42 bits per heavy atom. The summed E-state index contributed by atoms with van der Waals surface area (Å²) in [7, 11) is 0. The number of carbonyl (C=O) groups is 1. The second kappa shape index (κ2) is 4.87. The molecule has 2 aliphatic rings. The first-order chi connectivity index (χ1) is 9.20. The van der Waals surface area contributed by atoms with Gasteiger partial charge >= 0.3 is 5.97 Å². The zero-order valence-corrected chi connectivity index (χ0v) is 11.2. The molecule has 0 unspecified atom stereocenters. The van der Waals surface area contributed by atoms with Gasteiger partial charge in [-0.25, -0.2) is 4.79 Å². The van der Waals surface area contributed by atoms with Crippen molar-refractivity contribution in [3.05, 3.63) is 29.3 Å². The standard InChI is InChI=1S/C16H20O3/c17-15(18)16(9-3-4-10-16)19-14-8-7-12-5-1-2-6-13(12)11-14/h7-8,11H,1-6,9-10H2,(H,17,18). The predicted octanol–water partition coefficient (Wildman–Crippen LogP) is 3.34. The highest BCUT2D eigenvalue weighted by atomic mass is 16.5. The summed E-state index contributed by atoms with van der Waals surface area (Å²) in [5.41, 5.74) is 1.75. The van der Waals surface area contributed by atoms with Crippen LogP contribution in [0.5, 0.6) is 5.75 Å². The second-order valence-electron chi connectivity index (χ2n) is 5.75. The summed E-state index contributed by atoms with van der Waals surface area (Å²) >= 11 is 0. The molecule has 3 heteroatoms. The molecule has 3 rings (SSSR count). The molecule has 1 aromatic rings. The van der Waals surface area contributed by atoms with E-state index in [4.69, 9.17) is 4.74 Å². The first-order valence-corrected chi connectivity index (χ1v) is 7.24. The molecular formula is C16H20O3. The molecule has 0 amide bonds. The van der Waals surface area contributed by atoms with Crippen LogP contribution in [0.2, 0.25) is 0 Å². The molecule has 102 valence electrons. The van der Waals surface area contributed by atoms with Crippen molar-refractivity contribution < 1.29 is 14.6 Å². The summed E-state index contributed by atoms with van der Waals surface area (Å²) in [6.07, 6.45) is 7.84. The lowest BCUT2D eigenvalue weighted by atomic mass is 9.91. The van der Waals surface area contributed by atoms with E-state index in [9.17, 15) is 9.90 Å². The fraction of sp³-hybridized carbons (Fsp3) is 0.562. The minimum absolute atomic E-state index is 0.624. The van der Waals surface area contributed by atoms with Gasteiger partial charge in [0.1, 0.15) is 5.75 Å². The minimum atomic E-state index is -0.983. The Balaban J connectivity index is 1.84. The van der Waals surface area contributed by atoms with E-state index in [2.05, 4.69) is 12.1 Å². The van der Waals surface area contributed by atoms with Crippen LogP contribution in [-0.4, -0.2) is 16.7 Å². The summed E-state index contributed by atoms with van der Waals surface area (Å²) in [6, 6.07) is 6.10. The van der Waals surface area contributed by atoms with E-state index < -0.39 is 11.6 Å². The van der Waals surface area contributed by atoms with Gasteiger partial charge < -0.3 is 9.84 Å². The highest BCUT2D eigenvalue weighted by Gasteiger charge is 2.43. The first kappa shape index (κ1) is 12.5. The topological polar surface area (TPSA) is 46.5 Å². The quantitative estimate of drug-likeness (QED) is 0.906. The molecule has 1 aromatic carbocycles. The lowest BCUT2D eigenvalue weighted by Crippen LogP contribution is -2.41. The Morgan fingerprint density at radius 2 is 1.74 bits per heavy atom. The smallest absolute Gasteiger partial charge is 0.348 e. The summed E-state index contributed by atoms with van der Waals surface area (Å²) in [5, 5.41) is 9.44. The third-order valence-corrected chi connectivity index (χ3v) is 4.43. The van der Waals surface area contributed by atoms with Gasteiger partial charge in [-0.1, -0.05) is 6.07 Å². The maximum Gasteiger partial charge on any atom is 0.348 e. The Hall–Kier alpha value is -1.51. The number of hydrogen-bond donors (Lipinski definition) is 1. The van der Waals surface area contributed by atoms with Crippen molar-refractivity contribution in [2.45, 2.75) is 57.0 Å². The Labute approximate surface area is 113 Å². The van der Waals surface area contributed by atoms with E-state index >= 15 is 0 Å². The van der Waals surface area contributed by atoms with Gasteiger partial charge in [-0.05, 0) is 74.6 Å². The van der Waals surface area contributed by atoms with Gasteiger partial charge in [0.05, 0.1) is 0 Å². The highest BCUT2D eigenvalue weighted by molar-refractivity contribution is 5.78. The van der Waals surface area contributed by atoms with Gasteiger partial charge in [0.2, 0.25) is 5.60 Å². The van der Waals surface area contributed by atoms with Crippen LogP contribution >= 0.6 is 0 Å². The molecule has 2 aliphatic carbocycles. The molecule has 0 radical (unpaired) electrons. The van der Waals surface area contributed by atoms with Crippen molar-refractivity contribution in [3.63, 3.8) is 0 Å². The lowest BCUT2D eigenvalue weighted by molar-refractivity contribution is -0.154. The zero-order valence-electron chi connectivity index (χ0n) is 11.2. The zero-order chi connectivity index (χ0) is 13.3. The Morgan fingerprint density at radius 1 is 1.05 bits per heavy atom. The summed E-state index contributed by atoms with van der Waals surface area (Å²) in [6.45, 7) is 0. The van der Waals surface area contributed by atoms with Crippen LogP contribution in [-0.2, 0) is 17.6 Å². The van der Waals surface area contributed by atoms with Gasteiger partial charge in [0, 0.05) is 0 Å². The van der Waals surface area contributed by atoms with Crippen molar-refractivity contribution >= 4 is 5.97 Å². The number of carboxylic acids is 1. The largest absolute Gasteiger partial charge is 0.478 e. The second-order valence-corrected chi connectivity index (χ2v) is 5.75. The number of hydrogen-bond acceptors (Lipinski definition) is 2. The molecule has 0 aliphatic heterocycles.